The van der Waals surface area contributed by atoms with E-state index in [-0.39, 0.29) is 11.9 Å². The van der Waals surface area contributed by atoms with Crippen molar-refractivity contribution in [3.05, 3.63) is 29.6 Å². The van der Waals surface area contributed by atoms with Crippen LogP contribution in [0.15, 0.2) is 12.4 Å². The van der Waals surface area contributed by atoms with Crippen molar-refractivity contribution in [3.8, 4) is 0 Å². The molecule has 0 aliphatic rings. The lowest BCUT2D eigenvalue weighted by molar-refractivity contribution is -0.121. The highest BCUT2D eigenvalue weighted by molar-refractivity contribution is 5.76. The Morgan fingerprint density at radius 3 is 2.76 bits per heavy atom. The van der Waals surface area contributed by atoms with Gasteiger partial charge < -0.3 is 9.88 Å². The van der Waals surface area contributed by atoms with Gasteiger partial charge in [0.1, 0.15) is 6.33 Å². The molecule has 2 aromatic heterocycles. The Hall–Kier alpha value is -2.18. The molecule has 2 aromatic rings. The van der Waals surface area contributed by atoms with Gasteiger partial charge in [-0.05, 0) is 33.3 Å². The third kappa shape index (κ3) is 3.90. The third-order valence-electron chi connectivity index (χ3n) is 3.39. The number of carbonyl (C=O) groups is 1. The molecule has 1 N–H and O–H groups in total. The van der Waals surface area contributed by atoms with E-state index in [4.69, 9.17) is 0 Å². The zero-order valence-electron chi connectivity index (χ0n) is 13.0. The first-order valence-electron chi connectivity index (χ1n) is 7.11. The van der Waals surface area contributed by atoms with Gasteiger partial charge in [-0.25, -0.2) is 0 Å². The summed E-state index contributed by atoms with van der Waals surface area (Å²) in [6.07, 6.45) is 2.86. The van der Waals surface area contributed by atoms with E-state index in [1.807, 2.05) is 38.6 Å². The first-order chi connectivity index (χ1) is 9.97. The van der Waals surface area contributed by atoms with Gasteiger partial charge in [-0.2, -0.15) is 5.10 Å². The number of amides is 1. The lowest BCUT2D eigenvalue weighted by atomic mass is 10.2. The SMILES string of the molecule is Cc1cc(C)n(CCCC(=O)NC(C)c2nncn2C)n1. The Labute approximate surface area is 124 Å². The second kappa shape index (κ2) is 6.51. The van der Waals surface area contributed by atoms with Gasteiger partial charge in [0.25, 0.3) is 0 Å². The minimum Gasteiger partial charge on any atom is -0.346 e. The molecule has 1 unspecified atom stereocenters. The largest absolute Gasteiger partial charge is 0.346 e. The summed E-state index contributed by atoms with van der Waals surface area (Å²) < 4.78 is 3.75. The van der Waals surface area contributed by atoms with Gasteiger partial charge in [-0.3, -0.25) is 9.48 Å². The summed E-state index contributed by atoms with van der Waals surface area (Å²) in [7, 11) is 1.86. The number of aryl methyl sites for hydroxylation is 4. The third-order valence-corrected chi connectivity index (χ3v) is 3.39. The van der Waals surface area contributed by atoms with Gasteiger partial charge in [0.15, 0.2) is 5.82 Å². The van der Waals surface area contributed by atoms with Crippen LogP contribution in [0.5, 0.6) is 0 Å². The van der Waals surface area contributed by atoms with E-state index < -0.39 is 0 Å². The average molecular weight is 290 g/mol. The van der Waals surface area contributed by atoms with Crippen molar-refractivity contribution in [2.24, 2.45) is 7.05 Å². The summed E-state index contributed by atoms with van der Waals surface area (Å²) in [5, 5.41) is 15.1. The molecule has 0 aliphatic heterocycles. The lowest BCUT2D eigenvalue weighted by Crippen LogP contribution is -2.28. The van der Waals surface area contributed by atoms with Gasteiger partial charge in [0.05, 0.1) is 11.7 Å². The van der Waals surface area contributed by atoms with Crippen LogP contribution < -0.4 is 5.32 Å². The zero-order valence-corrected chi connectivity index (χ0v) is 13.0. The van der Waals surface area contributed by atoms with Crippen molar-refractivity contribution in [1.82, 2.24) is 29.9 Å². The first-order valence-corrected chi connectivity index (χ1v) is 7.11. The van der Waals surface area contributed by atoms with E-state index in [1.54, 1.807) is 10.9 Å². The number of rotatable bonds is 6. The molecule has 0 saturated carbocycles. The maximum Gasteiger partial charge on any atom is 0.220 e. The number of nitrogens with one attached hydrogen (secondary N) is 1. The Morgan fingerprint density at radius 2 is 2.19 bits per heavy atom. The normalized spacial score (nSPS) is 12.4. The average Bonchev–Trinajstić information content (AvgIpc) is 2.95. The molecule has 0 aliphatic carbocycles. The molecular formula is C14H22N6O. The molecule has 0 saturated heterocycles. The van der Waals surface area contributed by atoms with E-state index in [0.717, 1.165) is 30.2 Å². The first kappa shape index (κ1) is 15.2. The van der Waals surface area contributed by atoms with Gasteiger partial charge in [-0.15, -0.1) is 10.2 Å². The molecule has 2 rings (SSSR count). The van der Waals surface area contributed by atoms with Crippen LogP contribution in [0.1, 0.15) is 43.0 Å². The van der Waals surface area contributed by atoms with Gasteiger partial charge in [0, 0.05) is 25.7 Å². The molecule has 0 fully saturated rings. The predicted octanol–water partition coefficient (Wildman–Crippen LogP) is 1.29. The number of nitrogens with zero attached hydrogens (tertiary/aromatic N) is 5. The van der Waals surface area contributed by atoms with Crippen LogP contribution in [0.3, 0.4) is 0 Å². The molecule has 21 heavy (non-hydrogen) atoms. The maximum absolute atomic E-state index is 11.9. The van der Waals surface area contributed by atoms with Crippen LogP contribution in [0, 0.1) is 13.8 Å². The predicted molar refractivity (Wildman–Crippen MR) is 78.5 cm³/mol. The smallest absolute Gasteiger partial charge is 0.220 e. The quantitative estimate of drug-likeness (QED) is 0.869. The van der Waals surface area contributed by atoms with Crippen LogP contribution in [-0.4, -0.2) is 30.5 Å². The van der Waals surface area contributed by atoms with E-state index >= 15 is 0 Å². The number of hydrogen-bond acceptors (Lipinski definition) is 4. The van der Waals surface area contributed by atoms with E-state index in [0.29, 0.717) is 6.42 Å². The second-order valence-corrected chi connectivity index (χ2v) is 5.34. The summed E-state index contributed by atoms with van der Waals surface area (Å²) in [5.74, 6) is 0.772. The van der Waals surface area contributed by atoms with E-state index in [1.165, 1.54) is 0 Å². The standard InChI is InChI=1S/C14H22N6O/c1-10-8-11(2)20(18-10)7-5-6-13(21)16-12(3)14-17-15-9-19(14)4/h8-9,12H,5-7H2,1-4H3,(H,16,21). The van der Waals surface area contributed by atoms with Gasteiger partial charge in [0.2, 0.25) is 5.91 Å². The maximum atomic E-state index is 11.9. The summed E-state index contributed by atoms with van der Waals surface area (Å²) in [6.45, 7) is 6.66. The molecule has 0 bridgehead atoms. The minimum atomic E-state index is -0.140. The van der Waals surface area contributed by atoms with Crippen LogP contribution >= 0.6 is 0 Å². The topological polar surface area (TPSA) is 77.6 Å². The minimum absolute atomic E-state index is 0.0204. The fourth-order valence-corrected chi connectivity index (χ4v) is 2.35. The Bertz CT molecular complexity index is 615. The zero-order chi connectivity index (χ0) is 15.4. The van der Waals surface area contributed by atoms with Crippen LogP contribution in [-0.2, 0) is 18.4 Å². The summed E-state index contributed by atoms with van der Waals surface area (Å²) in [6, 6.07) is 1.90. The van der Waals surface area contributed by atoms with Crippen molar-refractivity contribution < 1.29 is 4.79 Å². The van der Waals surface area contributed by atoms with Crippen LogP contribution in [0.4, 0.5) is 0 Å². The molecule has 2 heterocycles. The Balaban J connectivity index is 1.77. The molecule has 1 atom stereocenters. The molecule has 0 radical (unpaired) electrons. The lowest BCUT2D eigenvalue weighted by Gasteiger charge is -2.13. The number of aromatic nitrogens is 5. The van der Waals surface area contributed by atoms with E-state index in [9.17, 15) is 4.79 Å². The van der Waals surface area contributed by atoms with Crippen molar-refractivity contribution in [3.63, 3.8) is 0 Å². The summed E-state index contributed by atoms with van der Waals surface area (Å²) in [5.41, 5.74) is 2.13. The van der Waals surface area contributed by atoms with Crippen molar-refractivity contribution >= 4 is 5.91 Å². The summed E-state index contributed by atoms with van der Waals surface area (Å²) >= 11 is 0. The highest BCUT2D eigenvalue weighted by Gasteiger charge is 2.14. The molecule has 7 heteroatoms. The van der Waals surface area contributed by atoms with Crippen LogP contribution in [0.25, 0.3) is 0 Å². The molecular weight excluding hydrogens is 268 g/mol. The Kier molecular flexibility index (Phi) is 4.72. The highest BCUT2D eigenvalue weighted by Crippen LogP contribution is 2.08. The molecule has 0 aromatic carbocycles. The monoisotopic (exact) mass is 290 g/mol. The van der Waals surface area contributed by atoms with Gasteiger partial charge in [-0.1, -0.05) is 0 Å². The highest BCUT2D eigenvalue weighted by atomic mass is 16.1. The number of hydrogen-bond donors (Lipinski definition) is 1. The fraction of sp³-hybridized carbons (Fsp3) is 0.571. The molecule has 0 spiro atoms. The molecule has 1 amide bonds. The van der Waals surface area contributed by atoms with Crippen molar-refractivity contribution in [2.75, 3.05) is 0 Å². The van der Waals surface area contributed by atoms with Crippen molar-refractivity contribution in [2.45, 2.75) is 46.2 Å². The number of carbonyl (C=O) groups excluding carboxylic acids is 1. The fourth-order valence-electron chi connectivity index (χ4n) is 2.35. The Morgan fingerprint density at radius 1 is 1.43 bits per heavy atom. The van der Waals surface area contributed by atoms with E-state index in [2.05, 4.69) is 20.6 Å². The van der Waals surface area contributed by atoms with Gasteiger partial charge >= 0.3 is 0 Å². The molecule has 7 nitrogen and oxygen atoms in total. The molecule has 114 valence electrons. The van der Waals surface area contributed by atoms with Crippen LogP contribution in [0.2, 0.25) is 0 Å². The van der Waals surface area contributed by atoms with Crippen molar-refractivity contribution in [1.29, 1.82) is 0 Å². The summed E-state index contributed by atoms with van der Waals surface area (Å²) in [4.78, 5) is 11.9. The second-order valence-electron chi connectivity index (χ2n) is 5.34.